The number of imidazole rings is 2. The zero-order chi connectivity index (χ0) is 29.4. The van der Waals surface area contributed by atoms with Crippen LogP contribution in [0.3, 0.4) is 0 Å². The van der Waals surface area contributed by atoms with Gasteiger partial charge in [0.05, 0.1) is 30.2 Å². The van der Waals surface area contributed by atoms with Crippen molar-refractivity contribution >= 4 is 22.8 Å². The van der Waals surface area contributed by atoms with E-state index in [9.17, 15) is 9.59 Å². The van der Waals surface area contributed by atoms with Crippen LogP contribution in [0.5, 0.6) is 5.75 Å². The maximum Gasteiger partial charge on any atom is 0.228 e. The monoisotopic (exact) mass is 584 g/mol. The molecule has 2 aromatic carbocycles. The Hall–Kier alpha value is -4.18. The van der Waals surface area contributed by atoms with Crippen molar-refractivity contribution in [3.63, 3.8) is 0 Å². The first kappa shape index (κ1) is 28.9. The first-order valence-corrected chi connectivity index (χ1v) is 15.5. The summed E-state index contributed by atoms with van der Waals surface area (Å²) in [5, 5.41) is 0. The lowest BCUT2D eigenvalue weighted by Crippen LogP contribution is -2.39. The summed E-state index contributed by atoms with van der Waals surface area (Å²) >= 11 is 0. The molecule has 1 saturated heterocycles. The number of nitrogens with one attached hydrogen (secondary N) is 1. The van der Waals surface area contributed by atoms with Crippen LogP contribution in [0.25, 0.3) is 22.4 Å². The highest BCUT2D eigenvalue weighted by atomic mass is 16.5. The maximum absolute atomic E-state index is 13.6. The Morgan fingerprint density at radius 3 is 2.65 bits per heavy atom. The van der Waals surface area contributed by atoms with Gasteiger partial charge in [0.2, 0.25) is 11.8 Å². The van der Waals surface area contributed by atoms with Crippen molar-refractivity contribution < 1.29 is 19.1 Å². The Bertz CT molecular complexity index is 1490. The number of ether oxygens (including phenoxy) is 2. The number of carbonyl (C=O) groups excluding carboxylic acids is 2. The molecule has 0 spiro atoms. The van der Waals surface area contributed by atoms with Gasteiger partial charge in [-0.25, -0.2) is 9.97 Å². The summed E-state index contributed by atoms with van der Waals surface area (Å²) in [6.45, 7) is 4.81. The average molecular weight is 585 g/mol. The fourth-order valence-electron chi connectivity index (χ4n) is 5.94. The molecule has 10 heteroatoms. The first-order valence-electron chi connectivity index (χ1n) is 15.5. The number of para-hydroxylation sites is 2. The molecule has 0 saturated carbocycles. The van der Waals surface area contributed by atoms with E-state index >= 15 is 0 Å². The van der Waals surface area contributed by atoms with Gasteiger partial charge >= 0.3 is 0 Å². The number of benzene rings is 2. The second-order valence-corrected chi connectivity index (χ2v) is 11.3. The van der Waals surface area contributed by atoms with E-state index in [0.29, 0.717) is 65.4 Å². The number of hydrogen-bond donors (Lipinski definition) is 1. The van der Waals surface area contributed by atoms with Crippen LogP contribution in [0.15, 0.2) is 60.9 Å². The number of aromatic nitrogens is 4. The summed E-state index contributed by atoms with van der Waals surface area (Å²) in [5.74, 6) is 2.66. The molecular formula is C33H40N6O4. The number of amides is 2. The van der Waals surface area contributed by atoms with Crippen LogP contribution in [0, 0.1) is 5.92 Å². The lowest BCUT2D eigenvalue weighted by molar-refractivity contribution is -0.136. The summed E-state index contributed by atoms with van der Waals surface area (Å²) in [6, 6.07) is 15.9. The van der Waals surface area contributed by atoms with Gasteiger partial charge in [-0.05, 0) is 49.9 Å². The molecule has 4 aromatic rings. The van der Waals surface area contributed by atoms with Gasteiger partial charge in [0, 0.05) is 70.1 Å². The molecule has 10 nitrogen and oxygen atoms in total. The molecule has 6 rings (SSSR count). The fraction of sp³-hybridized carbons (Fsp3) is 0.455. The Balaban J connectivity index is 1.17. The molecule has 2 amide bonds. The fourth-order valence-corrected chi connectivity index (χ4v) is 5.94. The number of carbonyl (C=O) groups is 2. The molecule has 0 radical (unpaired) electrons. The van der Waals surface area contributed by atoms with Crippen molar-refractivity contribution in [2.24, 2.45) is 5.92 Å². The summed E-state index contributed by atoms with van der Waals surface area (Å²) < 4.78 is 13.7. The van der Waals surface area contributed by atoms with Crippen molar-refractivity contribution in [2.45, 2.75) is 45.1 Å². The Kier molecular flexibility index (Phi) is 9.32. The van der Waals surface area contributed by atoms with Crippen molar-refractivity contribution in [1.29, 1.82) is 0 Å². The highest BCUT2D eigenvalue weighted by molar-refractivity contribution is 5.79. The van der Waals surface area contributed by atoms with E-state index in [1.54, 1.807) is 6.20 Å². The van der Waals surface area contributed by atoms with E-state index in [1.807, 2.05) is 64.5 Å². The molecule has 1 fully saturated rings. The SMILES string of the molecule is O=C(CCc1nc2ccccc2[nH]1)N1CCCCN(C(=O)C2CCOC2)CCCOc2cccc(c2)-c2nccn2CC1. The minimum Gasteiger partial charge on any atom is -0.494 e. The van der Waals surface area contributed by atoms with Gasteiger partial charge in [0.1, 0.15) is 17.4 Å². The van der Waals surface area contributed by atoms with Crippen LogP contribution in [-0.2, 0) is 27.3 Å². The van der Waals surface area contributed by atoms with Crippen molar-refractivity contribution in [2.75, 3.05) is 46.0 Å². The average Bonchev–Trinajstić information content (AvgIpc) is 3.81. The molecule has 2 aliphatic heterocycles. The highest BCUT2D eigenvalue weighted by Crippen LogP contribution is 2.24. The molecule has 0 aliphatic carbocycles. The maximum atomic E-state index is 13.6. The lowest BCUT2D eigenvalue weighted by atomic mass is 10.1. The number of fused-ring (bicyclic) bond motifs is 5. The van der Waals surface area contributed by atoms with Gasteiger partial charge < -0.3 is 28.8 Å². The third-order valence-electron chi connectivity index (χ3n) is 8.32. The van der Waals surface area contributed by atoms with Gasteiger partial charge in [-0.3, -0.25) is 9.59 Å². The number of rotatable bonds is 4. The second-order valence-electron chi connectivity index (χ2n) is 11.3. The van der Waals surface area contributed by atoms with Gasteiger partial charge in [-0.15, -0.1) is 0 Å². The van der Waals surface area contributed by atoms with Gasteiger partial charge in [-0.2, -0.15) is 0 Å². The minimum atomic E-state index is -0.0645. The van der Waals surface area contributed by atoms with Gasteiger partial charge in [0.15, 0.2) is 0 Å². The van der Waals surface area contributed by atoms with Gasteiger partial charge in [-0.1, -0.05) is 24.3 Å². The van der Waals surface area contributed by atoms with E-state index < -0.39 is 0 Å². The van der Waals surface area contributed by atoms with E-state index in [-0.39, 0.29) is 17.7 Å². The molecule has 226 valence electrons. The molecular weight excluding hydrogens is 544 g/mol. The molecule has 43 heavy (non-hydrogen) atoms. The molecule has 1 N–H and O–H groups in total. The zero-order valence-corrected chi connectivity index (χ0v) is 24.6. The lowest BCUT2D eigenvalue weighted by Gasteiger charge is -2.27. The van der Waals surface area contributed by atoms with Crippen LogP contribution in [-0.4, -0.2) is 87.1 Å². The largest absolute Gasteiger partial charge is 0.494 e. The second kappa shape index (κ2) is 13.9. The molecule has 1 unspecified atom stereocenters. The summed E-state index contributed by atoms with van der Waals surface area (Å²) in [7, 11) is 0. The Morgan fingerprint density at radius 1 is 0.930 bits per heavy atom. The predicted molar refractivity (Wildman–Crippen MR) is 164 cm³/mol. The quantitative estimate of drug-likeness (QED) is 0.383. The third kappa shape index (κ3) is 7.25. The summed E-state index contributed by atoms with van der Waals surface area (Å²) in [5.41, 5.74) is 2.86. The highest BCUT2D eigenvalue weighted by Gasteiger charge is 2.28. The molecule has 1 atom stereocenters. The smallest absolute Gasteiger partial charge is 0.228 e. The van der Waals surface area contributed by atoms with E-state index in [0.717, 1.165) is 59.7 Å². The number of aromatic amines is 1. The molecule has 2 bridgehead atoms. The standard InChI is InChI=1S/C33H40N6O4/c40-31(12-11-30-35-28-9-1-2-10-29(28)36-30)37-15-3-4-16-39(33(41)26-13-22-42-24-26)17-6-21-43-27-8-5-7-25(23-27)32-34-14-18-38(32)20-19-37/h1-2,5,7-10,14,18,23,26H,3-4,6,11-13,15-17,19-22,24H2,(H,35,36). The number of hydrogen-bond acceptors (Lipinski definition) is 6. The van der Waals surface area contributed by atoms with Crippen LogP contribution in [0.1, 0.15) is 37.9 Å². The van der Waals surface area contributed by atoms with Crippen molar-refractivity contribution in [1.82, 2.24) is 29.3 Å². The zero-order valence-electron chi connectivity index (χ0n) is 24.6. The Labute approximate surface area is 252 Å². The van der Waals surface area contributed by atoms with Crippen LogP contribution < -0.4 is 4.74 Å². The van der Waals surface area contributed by atoms with E-state index in [2.05, 4.69) is 19.5 Å². The summed E-state index contributed by atoms with van der Waals surface area (Å²) in [4.78, 5) is 43.4. The Morgan fingerprint density at radius 2 is 1.79 bits per heavy atom. The molecule has 4 heterocycles. The van der Waals surface area contributed by atoms with E-state index in [4.69, 9.17) is 9.47 Å². The number of aryl methyl sites for hydroxylation is 1. The third-order valence-corrected chi connectivity index (χ3v) is 8.32. The van der Waals surface area contributed by atoms with E-state index in [1.165, 1.54) is 0 Å². The van der Waals surface area contributed by atoms with Crippen LogP contribution in [0.2, 0.25) is 0 Å². The van der Waals surface area contributed by atoms with Crippen molar-refractivity contribution in [3.8, 4) is 17.1 Å². The summed E-state index contributed by atoms with van der Waals surface area (Å²) in [6.07, 6.45) is 7.85. The molecule has 2 aromatic heterocycles. The van der Waals surface area contributed by atoms with Crippen LogP contribution >= 0.6 is 0 Å². The van der Waals surface area contributed by atoms with Crippen LogP contribution in [0.4, 0.5) is 0 Å². The normalized spacial score (nSPS) is 18.7. The first-order chi connectivity index (χ1) is 21.1. The minimum absolute atomic E-state index is 0.0645. The number of nitrogens with zero attached hydrogens (tertiary/aromatic N) is 5. The topological polar surface area (TPSA) is 106 Å². The number of H-pyrrole nitrogens is 1. The molecule has 2 aliphatic rings. The van der Waals surface area contributed by atoms with Crippen molar-refractivity contribution in [3.05, 3.63) is 66.7 Å². The van der Waals surface area contributed by atoms with Gasteiger partial charge in [0.25, 0.3) is 0 Å². The predicted octanol–water partition coefficient (Wildman–Crippen LogP) is 4.32.